The summed E-state index contributed by atoms with van der Waals surface area (Å²) in [6.07, 6.45) is 4.11. The molecule has 0 radical (unpaired) electrons. The zero-order chi connectivity index (χ0) is 30.3. The van der Waals surface area contributed by atoms with Crippen molar-refractivity contribution in [3.63, 3.8) is 0 Å². The Bertz CT molecular complexity index is 1570. The summed E-state index contributed by atoms with van der Waals surface area (Å²) in [5.41, 5.74) is 2.67. The average Bonchev–Trinajstić information content (AvgIpc) is 3.00. The smallest absolute Gasteiger partial charge is 0.233 e. The molecule has 224 valence electrons. The summed E-state index contributed by atoms with van der Waals surface area (Å²) in [6, 6.07) is 23.8. The number of halogens is 1. The lowest BCUT2D eigenvalue weighted by molar-refractivity contribution is -0.120. The Kier molecular flexibility index (Phi) is 10.4. The quantitative estimate of drug-likeness (QED) is 0.129. The minimum atomic E-state index is -0.508. The fourth-order valence-electron chi connectivity index (χ4n) is 5.48. The van der Waals surface area contributed by atoms with E-state index in [1.165, 1.54) is 11.8 Å². The Balaban J connectivity index is 1.17. The van der Waals surface area contributed by atoms with E-state index in [9.17, 15) is 9.59 Å². The number of aryl methyl sites for hydroxylation is 1. The molecular formula is C34H38BrN5O2S. The van der Waals surface area contributed by atoms with E-state index >= 15 is 0 Å². The van der Waals surface area contributed by atoms with Crippen molar-refractivity contribution in [3.05, 3.63) is 88.4 Å². The molecule has 1 aliphatic carbocycles. The molecule has 1 fully saturated rings. The van der Waals surface area contributed by atoms with Crippen LogP contribution in [0.25, 0.3) is 10.9 Å². The van der Waals surface area contributed by atoms with Crippen molar-refractivity contribution in [2.75, 3.05) is 30.9 Å². The highest BCUT2D eigenvalue weighted by molar-refractivity contribution is 9.10. The first-order valence-corrected chi connectivity index (χ1v) is 16.4. The van der Waals surface area contributed by atoms with Crippen LogP contribution in [-0.4, -0.2) is 53.6 Å². The van der Waals surface area contributed by atoms with Crippen LogP contribution in [0.3, 0.4) is 0 Å². The highest BCUT2D eigenvalue weighted by Crippen LogP contribution is 2.30. The molecule has 1 unspecified atom stereocenters. The van der Waals surface area contributed by atoms with Gasteiger partial charge in [-0.2, -0.15) is 4.98 Å². The number of nitrogens with zero attached hydrogens (tertiary/aromatic N) is 3. The summed E-state index contributed by atoms with van der Waals surface area (Å²) in [4.78, 5) is 39.2. The highest BCUT2D eigenvalue weighted by Gasteiger charge is 2.27. The summed E-state index contributed by atoms with van der Waals surface area (Å²) in [5.74, 6) is 1.83. The Morgan fingerprint density at radius 3 is 2.44 bits per heavy atom. The number of carbonyl (C=O) groups is 2. The van der Waals surface area contributed by atoms with E-state index in [1.807, 2.05) is 74.4 Å². The number of rotatable bonds is 11. The van der Waals surface area contributed by atoms with E-state index < -0.39 is 5.25 Å². The summed E-state index contributed by atoms with van der Waals surface area (Å²) >= 11 is 4.88. The molecule has 1 aliphatic rings. The normalized spacial score (nSPS) is 17.3. The van der Waals surface area contributed by atoms with Crippen LogP contribution in [0.4, 0.5) is 11.8 Å². The molecule has 5 rings (SSSR count). The third-order valence-corrected chi connectivity index (χ3v) is 9.57. The van der Waals surface area contributed by atoms with Crippen molar-refractivity contribution >= 4 is 62.1 Å². The lowest BCUT2D eigenvalue weighted by Gasteiger charge is -2.30. The average molecular weight is 661 g/mol. The first-order valence-electron chi connectivity index (χ1n) is 14.8. The van der Waals surface area contributed by atoms with E-state index in [-0.39, 0.29) is 24.2 Å². The van der Waals surface area contributed by atoms with Crippen LogP contribution in [0.1, 0.15) is 48.0 Å². The van der Waals surface area contributed by atoms with Gasteiger partial charge < -0.3 is 15.5 Å². The number of thioether (sulfide) groups is 1. The van der Waals surface area contributed by atoms with Gasteiger partial charge in [0, 0.05) is 53.4 Å². The number of aromatic nitrogens is 2. The maximum absolute atomic E-state index is 13.5. The van der Waals surface area contributed by atoms with Crippen molar-refractivity contribution in [3.8, 4) is 0 Å². The molecule has 1 amide bonds. The number of amides is 1. The number of benzene rings is 3. The molecule has 1 heterocycles. The van der Waals surface area contributed by atoms with E-state index in [0.29, 0.717) is 24.0 Å². The Hall–Kier alpha value is -3.43. The molecule has 4 aromatic rings. The Morgan fingerprint density at radius 1 is 0.977 bits per heavy atom. The third kappa shape index (κ3) is 8.36. The van der Waals surface area contributed by atoms with Crippen LogP contribution < -0.4 is 15.5 Å². The summed E-state index contributed by atoms with van der Waals surface area (Å²) in [7, 11) is 4.00. The monoisotopic (exact) mass is 659 g/mol. The van der Waals surface area contributed by atoms with Gasteiger partial charge in [-0.15, -0.1) is 11.8 Å². The standard InChI is InChI=1S/C34H38BrN5O2S/c1-22-7-6-8-27(19-22)43-31(20-30(41)24-13-15-25(35)16-14-24)33(42)36-21-23-11-17-26(18-12-23)37-34-38-29-10-5-4-9-28(29)32(39-34)40(2)3/h4-10,13-16,19,23,26,31H,11-12,17-18,20-21H2,1-3H3,(H,36,42)(H,37,38,39)/t23-,26+,31?. The number of ketones is 1. The number of hydrogen-bond acceptors (Lipinski definition) is 7. The zero-order valence-electron chi connectivity index (χ0n) is 24.8. The highest BCUT2D eigenvalue weighted by atomic mass is 79.9. The number of anilines is 2. The number of para-hydroxylation sites is 1. The molecule has 1 atom stereocenters. The molecule has 1 saturated carbocycles. The number of carbonyl (C=O) groups excluding carboxylic acids is 2. The molecular weight excluding hydrogens is 622 g/mol. The molecule has 1 aromatic heterocycles. The van der Waals surface area contributed by atoms with Gasteiger partial charge in [-0.25, -0.2) is 4.98 Å². The van der Waals surface area contributed by atoms with Gasteiger partial charge in [0.05, 0.1) is 10.8 Å². The summed E-state index contributed by atoms with van der Waals surface area (Å²) in [6.45, 7) is 2.64. The number of hydrogen-bond donors (Lipinski definition) is 2. The minimum absolute atomic E-state index is 0.0345. The van der Waals surface area contributed by atoms with Crippen LogP contribution in [0, 0.1) is 12.8 Å². The fourth-order valence-corrected chi connectivity index (χ4v) is 6.91. The lowest BCUT2D eigenvalue weighted by Crippen LogP contribution is -2.39. The molecule has 7 nitrogen and oxygen atoms in total. The number of Topliss-reactive ketones (excluding diaryl/α,β-unsaturated/α-hetero) is 1. The van der Waals surface area contributed by atoms with Gasteiger partial charge in [-0.05, 0) is 74.9 Å². The second-order valence-corrected chi connectivity index (χ2v) is 13.6. The zero-order valence-corrected chi connectivity index (χ0v) is 27.2. The fraction of sp³-hybridized carbons (Fsp3) is 0.353. The van der Waals surface area contributed by atoms with E-state index in [2.05, 4.69) is 38.7 Å². The van der Waals surface area contributed by atoms with Crippen molar-refractivity contribution in [2.45, 2.75) is 55.2 Å². The van der Waals surface area contributed by atoms with Gasteiger partial charge in [0.1, 0.15) is 5.82 Å². The van der Waals surface area contributed by atoms with Crippen LogP contribution in [0.15, 0.2) is 82.2 Å². The van der Waals surface area contributed by atoms with E-state index in [0.717, 1.165) is 57.3 Å². The summed E-state index contributed by atoms with van der Waals surface area (Å²) < 4.78 is 0.917. The van der Waals surface area contributed by atoms with Crippen molar-refractivity contribution in [2.24, 2.45) is 5.92 Å². The second kappa shape index (κ2) is 14.4. The summed E-state index contributed by atoms with van der Waals surface area (Å²) in [5, 5.41) is 7.28. The van der Waals surface area contributed by atoms with Crippen molar-refractivity contribution < 1.29 is 9.59 Å². The van der Waals surface area contributed by atoms with E-state index in [4.69, 9.17) is 9.97 Å². The predicted octanol–water partition coefficient (Wildman–Crippen LogP) is 7.29. The molecule has 0 spiro atoms. The van der Waals surface area contributed by atoms with Crippen LogP contribution in [-0.2, 0) is 4.79 Å². The molecule has 0 aliphatic heterocycles. The van der Waals surface area contributed by atoms with Crippen molar-refractivity contribution in [1.82, 2.24) is 15.3 Å². The van der Waals surface area contributed by atoms with Crippen LogP contribution in [0.5, 0.6) is 0 Å². The maximum Gasteiger partial charge on any atom is 0.233 e. The SMILES string of the molecule is Cc1cccc(SC(CC(=O)c2ccc(Br)cc2)C(=O)NC[C@H]2CC[C@@H](Nc3nc(N(C)C)c4ccccc4n3)CC2)c1. The van der Waals surface area contributed by atoms with Gasteiger partial charge in [-0.1, -0.05) is 57.9 Å². The predicted molar refractivity (Wildman–Crippen MR) is 180 cm³/mol. The third-order valence-electron chi connectivity index (χ3n) is 7.85. The van der Waals surface area contributed by atoms with Gasteiger partial charge in [0.25, 0.3) is 0 Å². The molecule has 0 bridgehead atoms. The van der Waals surface area contributed by atoms with Crippen LogP contribution >= 0.6 is 27.7 Å². The molecule has 3 aromatic carbocycles. The maximum atomic E-state index is 13.5. The minimum Gasteiger partial charge on any atom is -0.362 e. The Morgan fingerprint density at radius 2 is 1.72 bits per heavy atom. The lowest BCUT2D eigenvalue weighted by atomic mass is 9.86. The molecule has 0 saturated heterocycles. The molecule has 43 heavy (non-hydrogen) atoms. The molecule has 9 heteroatoms. The number of nitrogens with one attached hydrogen (secondary N) is 2. The molecule has 2 N–H and O–H groups in total. The van der Waals surface area contributed by atoms with Crippen molar-refractivity contribution in [1.29, 1.82) is 0 Å². The number of fused-ring (bicyclic) bond motifs is 1. The Labute approximate surface area is 266 Å². The largest absolute Gasteiger partial charge is 0.362 e. The van der Waals surface area contributed by atoms with Gasteiger partial charge >= 0.3 is 0 Å². The first-order chi connectivity index (χ1) is 20.7. The van der Waals surface area contributed by atoms with Crippen LogP contribution in [0.2, 0.25) is 0 Å². The van der Waals surface area contributed by atoms with E-state index in [1.54, 1.807) is 12.1 Å². The topological polar surface area (TPSA) is 87.2 Å². The first kappa shape index (κ1) is 31.0. The van der Waals surface area contributed by atoms with Gasteiger partial charge in [-0.3, -0.25) is 9.59 Å². The van der Waals surface area contributed by atoms with Gasteiger partial charge in [0.2, 0.25) is 11.9 Å². The second-order valence-electron chi connectivity index (χ2n) is 11.4. The van der Waals surface area contributed by atoms with Gasteiger partial charge in [0.15, 0.2) is 5.78 Å².